The molecule has 4 rings (SSSR count). The van der Waals surface area contributed by atoms with Gasteiger partial charge in [0, 0.05) is 19.2 Å². The third-order valence-electron chi connectivity index (χ3n) is 4.87. The van der Waals surface area contributed by atoms with Crippen LogP contribution < -0.4 is 10.1 Å². The molecule has 0 bridgehead atoms. The Kier molecular flexibility index (Phi) is 5.18. The van der Waals surface area contributed by atoms with E-state index in [4.69, 9.17) is 9.47 Å². The smallest absolute Gasteiger partial charge is 0.339 e. The molecule has 0 radical (unpaired) electrons. The van der Waals surface area contributed by atoms with Crippen molar-refractivity contribution in [3.8, 4) is 11.5 Å². The van der Waals surface area contributed by atoms with Crippen LogP contribution in [-0.2, 0) is 22.5 Å². The minimum atomic E-state index is -1.33. The van der Waals surface area contributed by atoms with E-state index in [-0.39, 0.29) is 18.7 Å². The van der Waals surface area contributed by atoms with Crippen LogP contribution in [0.2, 0.25) is 0 Å². The van der Waals surface area contributed by atoms with Gasteiger partial charge in [0.05, 0.1) is 11.8 Å². The molecule has 152 valence electrons. The summed E-state index contributed by atoms with van der Waals surface area (Å²) in [5.74, 6) is -1.05. The van der Waals surface area contributed by atoms with E-state index in [1.165, 1.54) is 18.3 Å². The second kappa shape index (κ2) is 7.94. The van der Waals surface area contributed by atoms with E-state index >= 15 is 0 Å². The Hall–Kier alpha value is -3.74. The molecule has 6 nitrogen and oxygen atoms in total. The summed E-state index contributed by atoms with van der Waals surface area (Å²) in [5, 5.41) is 2.72. The zero-order valence-corrected chi connectivity index (χ0v) is 16.2. The quantitative estimate of drug-likeness (QED) is 0.652. The SMILES string of the molecule is CC1(C(=O)NCc2ccc(Oc3cccnc3)c(F)c2)Cc2ccccc2C(=O)O1. The molecule has 1 aliphatic heterocycles. The largest absolute Gasteiger partial charge is 0.453 e. The molecule has 3 aromatic rings. The summed E-state index contributed by atoms with van der Waals surface area (Å²) in [4.78, 5) is 28.9. The highest BCUT2D eigenvalue weighted by Gasteiger charge is 2.42. The van der Waals surface area contributed by atoms with Crippen molar-refractivity contribution < 1.29 is 23.5 Å². The van der Waals surface area contributed by atoms with E-state index in [0.717, 1.165) is 5.56 Å². The van der Waals surface area contributed by atoms with Crippen LogP contribution in [0.25, 0.3) is 0 Å². The van der Waals surface area contributed by atoms with Gasteiger partial charge < -0.3 is 14.8 Å². The summed E-state index contributed by atoms with van der Waals surface area (Å²) >= 11 is 0. The van der Waals surface area contributed by atoms with E-state index in [2.05, 4.69) is 10.3 Å². The lowest BCUT2D eigenvalue weighted by Gasteiger charge is -2.33. The molecular formula is C23H19FN2O4. The van der Waals surface area contributed by atoms with E-state index in [1.807, 2.05) is 6.07 Å². The van der Waals surface area contributed by atoms with E-state index in [9.17, 15) is 14.0 Å². The fraction of sp³-hybridized carbons (Fsp3) is 0.174. The maximum atomic E-state index is 14.4. The molecule has 0 saturated carbocycles. The molecule has 0 fully saturated rings. The van der Waals surface area contributed by atoms with Crippen molar-refractivity contribution in [1.82, 2.24) is 10.3 Å². The third kappa shape index (κ3) is 4.00. The molecule has 0 aliphatic carbocycles. The minimum Gasteiger partial charge on any atom is -0.453 e. The van der Waals surface area contributed by atoms with Gasteiger partial charge in [-0.2, -0.15) is 0 Å². The lowest BCUT2D eigenvalue weighted by molar-refractivity contribution is -0.140. The van der Waals surface area contributed by atoms with Crippen LogP contribution in [0.4, 0.5) is 4.39 Å². The fourth-order valence-electron chi connectivity index (χ4n) is 3.30. The van der Waals surface area contributed by atoms with Gasteiger partial charge in [-0.1, -0.05) is 24.3 Å². The summed E-state index contributed by atoms with van der Waals surface area (Å²) < 4.78 is 25.3. The van der Waals surface area contributed by atoms with E-state index in [0.29, 0.717) is 16.9 Å². The highest BCUT2D eigenvalue weighted by atomic mass is 19.1. The number of carbonyl (C=O) groups excluding carboxylic acids is 2. The number of fused-ring (bicyclic) bond motifs is 1. The monoisotopic (exact) mass is 406 g/mol. The maximum absolute atomic E-state index is 14.4. The van der Waals surface area contributed by atoms with Crippen LogP contribution in [-0.4, -0.2) is 22.5 Å². The highest BCUT2D eigenvalue weighted by molar-refractivity contribution is 5.97. The molecule has 0 saturated heterocycles. The molecule has 1 atom stereocenters. The number of rotatable bonds is 5. The standard InChI is InChI=1S/C23H19FN2O4/c1-23(12-16-5-2-3-7-18(16)21(27)30-23)22(28)26-13-15-8-9-20(19(24)11-15)29-17-6-4-10-25-14-17/h2-11,14H,12-13H2,1H3,(H,26,28). The van der Waals surface area contributed by atoms with Gasteiger partial charge in [-0.25, -0.2) is 9.18 Å². The average Bonchev–Trinajstić information content (AvgIpc) is 2.74. The maximum Gasteiger partial charge on any atom is 0.339 e. The predicted octanol–water partition coefficient (Wildman–Crippen LogP) is 3.80. The molecule has 1 N–H and O–H groups in total. The number of cyclic esters (lactones) is 1. The molecule has 1 aromatic heterocycles. The number of hydrogen-bond donors (Lipinski definition) is 1. The number of ether oxygens (including phenoxy) is 2. The summed E-state index contributed by atoms with van der Waals surface area (Å²) in [6.07, 6.45) is 3.35. The Morgan fingerprint density at radius 2 is 2.07 bits per heavy atom. The normalized spacial score (nSPS) is 17.6. The first kappa shape index (κ1) is 19.6. The van der Waals surface area contributed by atoms with E-state index in [1.54, 1.807) is 49.5 Å². The Morgan fingerprint density at radius 1 is 1.23 bits per heavy atom. The Balaban J connectivity index is 1.41. The van der Waals surface area contributed by atoms with Gasteiger partial charge in [-0.3, -0.25) is 9.78 Å². The van der Waals surface area contributed by atoms with Gasteiger partial charge in [0.2, 0.25) is 0 Å². The number of esters is 1. The second-order valence-electron chi connectivity index (χ2n) is 7.19. The number of aromatic nitrogens is 1. The molecule has 0 spiro atoms. The van der Waals surface area contributed by atoms with Crippen molar-refractivity contribution in [2.24, 2.45) is 0 Å². The number of nitrogens with zero attached hydrogens (tertiary/aromatic N) is 1. The zero-order valence-electron chi connectivity index (χ0n) is 16.2. The summed E-state index contributed by atoms with van der Waals surface area (Å²) in [6.45, 7) is 1.65. The van der Waals surface area contributed by atoms with Gasteiger partial charge in [-0.05, 0) is 48.4 Å². The number of nitrogens with one attached hydrogen (secondary N) is 1. The summed E-state index contributed by atoms with van der Waals surface area (Å²) in [6, 6.07) is 14.8. The first-order valence-electron chi connectivity index (χ1n) is 9.40. The molecule has 1 amide bonds. The Labute approximate surface area is 172 Å². The van der Waals surface area contributed by atoms with E-state index < -0.39 is 23.3 Å². The topological polar surface area (TPSA) is 77.5 Å². The highest BCUT2D eigenvalue weighted by Crippen LogP contribution is 2.29. The summed E-state index contributed by atoms with van der Waals surface area (Å²) in [7, 11) is 0. The lowest BCUT2D eigenvalue weighted by Crippen LogP contribution is -2.51. The Morgan fingerprint density at radius 3 is 2.83 bits per heavy atom. The van der Waals surface area contributed by atoms with Crippen LogP contribution >= 0.6 is 0 Å². The minimum absolute atomic E-state index is 0.0582. The van der Waals surface area contributed by atoms with Crippen LogP contribution in [0.3, 0.4) is 0 Å². The Bertz CT molecular complexity index is 1100. The van der Waals surface area contributed by atoms with Crippen molar-refractivity contribution in [3.63, 3.8) is 0 Å². The number of pyridine rings is 1. The molecule has 30 heavy (non-hydrogen) atoms. The van der Waals surface area contributed by atoms with Crippen LogP contribution in [0.15, 0.2) is 67.0 Å². The molecule has 1 unspecified atom stereocenters. The number of halogens is 1. The van der Waals surface area contributed by atoms with Crippen LogP contribution in [0, 0.1) is 5.82 Å². The van der Waals surface area contributed by atoms with Crippen molar-refractivity contribution in [1.29, 1.82) is 0 Å². The number of amides is 1. The van der Waals surface area contributed by atoms with Crippen molar-refractivity contribution >= 4 is 11.9 Å². The predicted molar refractivity (Wildman–Crippen MR) is 107 cm³/mol. The molecule has 1 aliphatic rings. The first-order chi connectivity index (χ1) is 14.4. The molecular weight excluding hydrogens is 387 g/mol. The number of hydrogen-bond acceptors (Lipinski definition) is 5. The van der Waals surface area contributed by atoms with Gasteiger partial charge in [-0.15, -0.1) is 0 Å². The fourth-order valence-corrected chi connectivity index (χ4v) is 3.30. The summed E-state index contributed by atoms with van der Waals surface area (Å²) in [5.41, 5.74) is 0.446. The van der Waals surface area contributed by atoms with Gasteiger partial charge in [0.1, 0.15) is 5.75 Å². The van der Waals surface area contributed by atoms with Crippen LogP contribution in [0.1, 0.15) is 28.4 Å². The average molecular weight is 406 g/mol. The van der Waals surface area contributed by atoms with Crippen molar-refractivity contribution in [2.75, 3.05) is 0 Å². The number of carbonyl (C=O) groups is 2. The zero-order chi connectivity index (χ0) is 21.1. The van der Waals surface area contributed by atoms with Crippen molar-refractivity contribution in [2.45, 2.75) is 25.5 Å². The third-order valence-corrected chi connectivity index (χ3v) is 4.87. The second-order valence-corrected chi connectivity index (χ2v) is 7.19. The molecule has 2 heterocycles. The molecule has 7 heteroatoms. The van der Waals surface area contributed by atoms with Crippen molar-refractivity contribution in [3.05, 3.63) is 89.5 Å². The van der Waals surface area contributed by atoms with Crippen LogP contribution in [0.5, 0.6) is 11.5 Å². The number of benzene rings is 2. The van der Waals surface area contributed by atoms with Gasteiger partial charge in [0.15, 0.2) is 17.2 Å². The lowest BCUT2D eigenvalue weighted by atomic mass is 9.89. The van der Waals surface area contributed by atoms with Gasteiger partial charge in [0.25, 0.3) is 5.91 Å². The molecule has 2 aromatic carbocycles. The first-order valence-corrected chi connectivity index (χ1v) is 9.40. The van der Waals surface area contributed by atoms with Gasteiger partial charge >= 0.3 is 5.97 Å².